The zero-order valence-corrected chi connectivity index (χ0v) is 13.2. The molecule has 1 N–H and O–H groups in total. The predicted molar refractivity (Wildman–Crippen MR) is 81.6 cm³/mol. The van der Waals surface area contributed by atoms with Crippen LogP contribution < -0.4 is 4.74 Å². The fraction of sp³-hybridized carbons (Fsp3) is 0.588. The van der Waals surface area contributed by atoms with Gasteiger partial charge in [0.05, 0.1) is 7.11 Å². The number of carboxylic acid groups (broad SMARTS) is 1. The van der Waals surface area contributed by atoms with Crippen molar-refractivity contribution in [1.29, 1.82) is 0 Å². The first kappa shape index (κ1) is 16.5. The number of carbonyl (C=O) groups is 1. The molecule has 0 aromatic heterocycles. The third-order valence-electron chi connectivity index (χ3n) is 3.48. The van der Waals surface area contributed by atoms with Gasteiger partial charge in [0, 0.05) is 12.0 Å². The average Bonchev–Trinajstić information content (AvgIpc) is 2.36. The molecule has 0 bridgehead atoms. The van der Waals surface area contributed by atoms with Crippen LogP contribution in [0, 0.1) is 0 Å². The summed E-state index contributed by atoms with van der Waals surface area (Å²) in [6.45, 7) is 8.65. The number of hydrogen-bond donors (Lipinski definition) is 1. The minimum atomic E-state index is -0.744. The summed E-state index contributed by atoms with van der Waals surface area (Å²) in [4.78, 5) is 10.7. The molecule has 20 heavy (non-hydrogen) atoms. The third kappa shape index (κ3) is 4.26. The Bertz CT molecular complexity index is 470. The number of aliphatic carboxylic acids is 1. The number of ether oxygens (including phenoxy) is 1. The van der Waals surface area contributed by atoms with E-state index in [0.717, 1.165) is 24.2 Å². The Balaban J connectivity index is 3.16. The molecule has 3 heteroatoms. The van der Waals surface area contributed by atoms with Crippen LogP contribution in [0.5, 0.6) is 5.75 Å². The Kier molecular flexibility index (Phi) is 5.61. The number of rotatable bonds is 6. The van der Waals surface area contributed by atoms with E-state index in [9.17, 15) is 4.79 Å². The molecular weight excluding hydrogens is 252 g/mol. The maximum atomic E-state index is 10.7. The van der Waals surface area contributed by atoms with Crippen LogP contribution in [0.15, 0.2) is 12.1 Å². The monoisotopic (exact) mass is 278 g/mol. The molecule has 0 spiro atoms. The minimum absolute atomic E-state index is 0.0120. The Morgan fingerprint density at radius 2 is 1.95 bits per heavy atom. The Hall–Kier alpha value is -1.51. The van der Waals surface area contributed by atoms with Crippen LogP contribution in [0.1, 0.15) is 57.2 Å². The second-order valence-electron chi connectivity index (χ2n) is 6.19. The molecule has 0 atom stereocenters. The van der Waals surface area contributed by atoms with Gasteiger partial charge in [-0.05, 0) is 35.8 Å². The lowest BCUT2D eigenvalue weighted by atomic mass is 9.83. The Labute approximate surface area is 122 Å². The molecule has 1 aromatic rings. The van der Waals surface area contributed by atoms with Gasteiger partial charge in [-0.1, -0.05) is 39.8 Å². The summed E-state index contributed by atoms with van der Waals surface area (Å²) >= 11 is 0. The molecule has 1 aromatic carbocycles. The van der Waals surface area contributed by atoms with E-state index in [0.29, 0.717) is 6.42 Å². The normalized spacial score (nSPS) is 11.4. The lowest BCUT2D eigenvalue weighted by molar-refractivity contribution is -0.137. The minimum Gasteiger partial charge on any atom is -0.496 e. The molecule has 3 nitrogen and oxygen atoms in total. The lowest BCUT2D eigenvalue weighted by Gasteiger charge is -2.25. The van der Waals surface area contributed by atoms with Crippen molar-refractivity contribution in [3.05, 3.63) is 28.8 Å². The van der Waals surface area contributed by atoms with Crippen molar-refractivity contribution in [3.63, 3.8) is 0 Å². The van der Waals surface area contributed by atoms with Crippen molar-refractivity contribution in [3.8, 4) is 5.75 Å². The smallest absolute Gasteiger partial charge is 0.303 e. The molecule has 0 saturated heterocycles. The highest BCUT2D eigenvalue weighted by Crippen LogP contribution is 2.36. The van der Waals surface area contributed by atoms with E-state index in [1.807, 2.05) is 0 Å². The number of hydrogen-bond acceptors (Lipinski definition) is 2. The molecule has 0 aliphatic rings. The standard InChI is InChI=1S/C17H26O3/c1-6-12-10-13(8-7-9-15(18)19)16(20-5)14(11-12)17(2,3)4/h10-11H,6-9H2,1-5H3,(H,18,19). The number of methoxy groups -OCH3 is 1. The highest BCUT2D eigenvalue weighted by atomic mass is 16.5. The van der Waals surface area contributed by atoms with E-state index in [4.69, 9.17) is 9.84 Å². The summed E-state index contributed by atoms with van der Waals surface area (Å²) in [5.74, 6) is 0.173. The topological polar surface area (TPSA) is 46.5 Å². The van der Waals surface area contributed by atoms with Crippen molar-refractivity contribution in [2.45, 2.75) is 58.8 Å². The molecule has 0 heterocycles. The molecule has 0 radical (unpaired) electrons. The zero-order valence-electron chi connectivity index (χ0n) is 13.2. The molecule has 0 aliphatic carbocycles. The fourth-order valence-corrected chi connectivity index (χ4v) is 2.37. The van der Waals surface area contributed by atoms with Crippen molar-refractivity contribution in [2.24, 2.45) is 0 Å². The number of aryl methyl sites for hydroxylation is 2. The van der Waals surface area contributed by atoms with Gasteiger partial charge in [-0.15, -0.1) is 0 Å². The Morgan fingerprint density at radius 3 is 2.40 bits per heavy atom. The van der Waals surface area contributed by atoms with E-state index in [1.165, 1.54) is 11.1 Å². The molecule has 0 unspecified atom stereocenters. The van der Waals surface area contributed by atoms with E-state index in [-0.39, 0.29) is 11.8 Å². The van der Waals surface area contributed by atoms with Gasteiger partial charge in [-0.25, -0.2) is 0 Å². The number of carboxylic acids is 1. The van der Waals surface area contributed by atoms with Crippen LogP contribution in [0.4, 0.5) is 0 Å². The van der Waals surface area contributed by atoms with E-state index >= 15 is 0 Å². The van der Waals surface area contributed by atoms with E-state index < -0.39 is 5.97 Å². The van der Waals surface area contributed by atoms with Gasteiger partial charge in [0.25, 0.3) is 0 Å². The largest absolute Gasteiger partial charge is 0.496 e. The summed E-state index contributed by atoms with van der Waals surface area (Å²) in [7, 11) is 1.69. The van der Waals surface area contributed by atoms with Gasteiger partial charge in [0.2, 0.25) is 0 Å². The molecular formula is C17H26O3. The first-order valence-electron chi connectivity index (χ1n) is 7.21. The van der Waals surface area contributed by atoms with E-state index in [1.54, 1.807) is 7.11 Å². The van der Waals surface area contributed by atoms with Crippen molar-refractivity contribution in [1.82, 2.24) is 0 Å². The van der Waals surface area contributed by atoms with Crippen molar-refractivity contribution < 1.29 is 14.6 Å². The van der Waals surface area contributed by atoms with Gasteiger partial charge in [0.15, 0.2) is 0 Å². The maximum absolute atomic E-state index is 10.7. The van der Waals surface area contributed by atoms with Crippen LogP contribution in [-0.2, 0) is 23.1 Å². The van der Waals surface area contributed by atoms with Crippen LogP contribution in [0.3, 0.4) is 0 Å². The first-order chi connectivity index (χ1) is 9.29. The van der Waals surface area contributed by atoms with E-state index in [2.05, 4.69) is 39.8 Å². The highest BCUT2D eigenvalue weighted by Gasteiger charge is 2.22. The molecule has 0 aliphatic heterocycles. The predicted octanol–water partition coefficient (Wildman–Crippen LogP) is 3.96. The van der Waals surface area contributed by atoms with Crippen LogP contribution in [-0.4, -0.2) is 18.2 Å². The number of benzene rings is 1. The first-order valence-corrected chi connectivity index (χ1v) is 7.21. The third-order valence-corrected chi connectivity index (χ3v) is 3.48. The highest BCUT2D eigenvalue weighted by molar-refractivity contribution is 5.66. The van der Waals surface area contributed by atoms with Gasteiger partial charge in [-0.3, -0.25) is 4.79 Å². The van der Waals surface area contributed by atoms with Crippen LogP contribution in [0.2, 0.25) is 0 Å². The van der Waals surface area contributed by atoms with Gasteiger partial charge >= 0.3 is 5.97 Å². The molecule has 0 fully saturated rings. The van der Waals surface area contributed by atoms with Gasteiger partial charge in [-0.2, -0.15) is 0 Å². The summed E-state index contributed by atoms with van der Waals surface area (Å²) in [6.07, 6.45) is 2.55. The van der Waals surface area contributed by atoms with Crippen molar-refractivity contribution in [2.75, 3.05) is 7.11 Å². The molecule has 0 saturated carbocycles. The molecule has 1 rings (SSSR count). The Morgan fingerprint density at radius 1 is 1.30 bits per heavy atom. The maximum Gasteiger partial charge on any atom is 0.303 e. The quantitative estimate of drug-likeness (QED) is 0.856. The summed E-state index contributed by atoms with van der Waals surface area (Å²) in [6, 6.07) is 4.36. The van der Waals surface area contributed by atoms with Crippen molar-refractivity contribution >= 4 is 5.97 Å². The van der Waals surface area contributed by atoms with Gasteiger partial charge in [0.1, 0.15) is 5.75 Å². The molecule has 0 amide bonds. The SMILES string of the molecule is CCc1cc(CCCC(=O)O)c(OC)c(C(C)(C)C)c1. The van der Waals surface area contributed by atoms with Gasteiger partial charge < -0.3 is 9.84 Å². The summed E-state index contributed by atoms with van der Waals surface area (Å²) in [5, 5.41) is 8.77. The van der Waals surface area contributed by atoms with Crippen LogP contribution in [0.25, 0.3) is 0 Å². The summed E-state index contributed by atoms with van der Waals surface area (Å²) in [5.41, 5.74) is 3.61. The van der Waals surface area contributed by atoms with Crippen LogP contribution >= 0.6 is 0 Å². The second kappa shape index (κ2) is 6.78. The lowest BCUT2D eigenvalue weighted by Crippen LogP contribution is -2.15. The zero-order chi connectivity index (χ0) is 15.3. The fourth-order valence-electron chi connectivity index (χ4n) is 2.37. The molecule has 112 valence electrons. The summed E-state index contributed by atoms with van der Waals surface area (Å²) < 4.78 is 5.61. The average molecular weight is 278 g/mol. The second-order valence-corrected chi connectivity index (χ2v) is 6.19.